The van der Waals surface area contributed by atoms with Gasteiger partial charge in [-0.2, -0.15) is 0 Å². The minimum absolute atomic E-state index is 0.0280. The molecule has 0 amide bonds. The molecule has 0 aromatic heterocycles. The van der Waals surface area contributed by atoms with Crippen molar-refractivity contribution in [3.8, 4) is 0 Å². The second-order valence-corrected chi connectivity index (χ2v) is 13.1. The van der Waals surface area contributed by atoms with Gasteiger partial charge < -0.3 is 29.7 Å². The fraction of sp³-hybridized carbons (Fsp3) is 0.688. The normalized spacial score (nSPS) is 9.56. The molecule has 233 valence electrons. The number of carbonyl (C=O) groups excluding carboxylic acids is 4. The summed E-state index contributed by atoms with van der Waals surface area (Å²) in [6.07, 6.45) is 16.8. The summed E-state index contributed by atoms with van der Waals surface area (Å²) in [5.41, 5.74) is 0. The first kappa shape index (κ1) is 43.4. The van der Waals surface area contributed by atoms with Gasteiger partial charge in [-0.15, -0.1) is 0 Å². The molecule has 0 N–H and O–H groups in total. The van der Waals surface area contributed by atoms with Gasteiger partial charge in [0.1, 0.15) is 0 Å². The van der Waals surface area contributed by atoms with Crippen molar-refractivity contribution in [2.75, 3.05) is 7.11 Å². The quantitative estimate of drug-likeness (QED) is 0.148. The number of benzene rings is 1. The topological polar surface area (TPSA) is 147 Å². The Bertz CT molecular complexity index is 683. The molecule has 9 heteroatoms. The summed E-state index contributed by atoms with van der Waals surface area (Å²) < 4.78 is 5.72. The van der Waals surface area contributed by atoms with E-state index in [0.29, 0.717) is 0 Å². The number of methoxy groups -OCH3 is 1. The van der Waals surface area contributed by atoms with Gasteiger partial charge in [-0.05, 0) is 38.5 Å². The van der Waals surface area contributed by atoms with E-state index in [4.69, 9.17) is 0 Å². The molecule has 0 atom stereocenters. The number of carboxylic acids is 3. The third-order valence-electron chi connectivity index (χ3n) is 5.66. The van der Waals surface area contributed by atoms with Crippen LogP contribution in [0.25, 0.3) is 0 Å². The zero-order chi connectivity index (χ0) is 31.6. The fourth-order valence-electron chi connectivity index (χ4n) is 3.31. The molecule has 8 nitrogen and oxygen atoms in total. The summed E-state index contributed by atoms with van der Waals surface area (Å²) in [7, 11) is 1.44. The number of rotatable bonds is 20. The van der Waals surface area contributed by atoms with Crippen LogP contribution < -0.4 is 18.9 Å². The van der Waals surface area contributed by atoms with Crippen molar-refractivity contribution in [2.45, 2.75) is 136 Å². The van der Waals surface area contributed by atoms with Crippen molar-refractivity contribution >= 4 is 46.6 Å². The molecule has 0 aliphatic rings. The molecule has 0 fully saturated rings. The average molecular weight is 684 g/mol. The molecule has 0 spiro atoms. The first-order chi connectivity index (χ1) is 19.6. The summed E-state index contributed by atoms with van der Waals surface area (Å²) in [6.45, 7) is 6.41. The van der Waals surface area contributed by atoms with Crippen LogP contribution in [0.5, 0.6) is 0 Å². The Morgan fingerprint density at radius 3 is 1.15 bits per heavy atom. The molecule has 0 bridgehead atoms. The number of carboxylic acid groups (broad SMARTS) is 3. The Hall–Kier alpha value is -2.10. The van der Waals surface area contributed by atoms with E-state index in [1.165, 1.54) is 45.6 Å². The maximum absolute atomic E-state index is 10.8. The van der Waals surface area contributed by atoms with Gasteiger partial charge in [-0.25, -0.2) is 0 Å². The number of carbonyl (C=O) groups is 4. The van der Waals surface area contributed by atoms with Gasteiger partial charge in [0.2, 0.25) is 0 Å². The average Bonchev–Trinajstić information content (AvgIpc) is 2.94. The summed E-state index contributed by atoms with van der Waals surface area (Å²) in [4.78, 5) is 40.6. The predicted octanol–water partition coefficient (Wildman–Crippen LogP) is 4.07. The standard InChI is InChI=1S/3C8H16O2.C6H5.C2H3O2.Sn/c3*1-2-3-4-5-6-7-8(9)10;1-2-4-6-5-3-1;1-4-2-3;/h3*2-7H2,1H3,(H,9,10);1-5H;1H3;/q;;;;;+3/p-3. The van der Waals surface area contributed by atoms with Crippen LogP contribution in [-0.2, 0) is 19.1 Å². The van der Waals surface area contributed by atoms with Crippen molar-refractivity contribution in [1.82, 2.24) is 0 Å². The summed E-state index contributed by atoms with van der Waals surface area (Å²) in [6, 6.07) is 9.78. The number of hydrogen-bond acceptors (Lipinski definition) is 8. The Morgan fingerprint density at radius 1 is 0.561 bits per heavy atom. The molecule has 1 aromatic rings. The van der Waals surface area contributed by atoms with E-state index >= 15 is 0 Å². The first-order valence-corrected chi connectivity index (χ1v) is 18.0. The van der Waals surface area contributed by atoms with Crippen molar-refractivity contribution in [2.24, 2.45) is 0 Å². The molecule has 0 saturated heterocycles. The van der Waals surface area contributed by atoms with E-state index in [0.717, 1.165) is 61.4 Å². The number of unbranched alkanes of at least 4 members (excludes halogenated alkanes) is 12. The zero-order valence-corrected chi connectivity index (χ0v) is 28.7. The Balaban J connectivity index is -0.000000470. The molecular formula is C32H53O8Sn. The van der Waals surface area contributed by atoms with Gasteiger partial charge in [0, 0.05) is 17.9 Å². The molecule has 0 saturated carbocycles. The first-order valence-electron chi connectivity index (χ1n) is 15.1. The van der Waals surface area contributed by atoms with E-state index < -0.39 is 39.1 Å². The van der Waals surface area contributed by atoms with Gasteiger partial charge in [0.25, 0.3) is 0 Å². The van der Waals surface area contributed by atoms with Crippen LogP contribution in [0, 0.1) is 0 Å². The fourth-order valence-corrected chi connectivity index (χ4v) is 5.30. The molecule has 0 aliphatic heterocycles. The van der Waals surface area contributed by atoms with E-state index in [1.54, 1.807) is 0 Å². The van der Waals surface area contributed by atoms with E-state index in [9.17, 15) is 34.5 Å². The second-order valence-electron chi connectivity index (χ2n) is 9.59. The Morgan fingerprint density at radius 2 is 0.878 bits per heavy atom. The Labute approximate surface area is 258 Å². The summed E-state index contributed by atoms with van der Waals surface area (Å²) in [5.74, 6) is -2.76. The molecular weight excluding hydrogens is 631 g/mol. The predicted molar refractivity (Wildman–Crippen MR) is 159 cm³/mol. The van der Waals surface area contributed by atoms with Gasteiger partial charge in [0.05, 0.1) is 0 Å². The van der Waals surface area contributed by atoms with Crippen LogP contribution in [0.4, 0.5) is 4.79 Å². The molecule has 1 aromatic carbocycles. The number of aliphatic carboxylic acids is 3. The van der Waals surface area contributed by atoms with Crippen LogP contribution in [0.3, 0.4) is 0 Å². The van der Waals surface area contributed by atoms with Gasteiger partial charge in [-0.1, -0.05) is 97.8 Å². The summed E-state index contributed by atoms with van der Waals surface area (Å²) in [5, 5.41) is 29.8. The summed E-state index contributed by atoms with van der Waals surface area (Å²) >= 11 is -1.12. The molecule has 41 heavy (non-hydrogen) atoms. The monoisotopic (exact) mass is 685 g/mol. The number of hydrogen-bond donors (Lipinski definition) is 0. The van der Waals surface area contributed by atoms with Crippen molar-refractivity contribution < 1.29 is 39.2 Å². The maximum atomic E-state index is 10.8. The number of ether oxygens (including phenoxy) is 1. The molecule has 5 radical (unpaired) electrons. The van der Waals surface area contributed by atoms with E-state index in [2.05, 4.69) is 25.5 Å². The van der Waals surface area contributed by atoms with Gasteiger partial charge in [-0.3, -0.25) is 0 Å². The van der Waals surface area contributed by atoms with Crippen LogP contribution in [0.2, 0.25) is 0 Å². The molecule has 0 aliphatic carbocycles. The Kier molecular flexibility index (Phi) is 38.0. The van der Waals surface area contributed by atoms with E-state index in [1.807, 2.05) is 30.3 Å². The van der Waals surface area contributed by atoms with Crippen LogP contribution in [-0.4, -0.2) is 50.1 Å². The van der Waals surface area contributed by atoms with Crippen LogP contribution >= 0.6 is 0 Å². The third kappa shape index (κ3) is 45.1. The SMILES string of the molecule is CCCCCCCC(=O)[O-].CCCCCCCC(=O)[O-].CCCCCCCC(=O)[O-].CO[C](=O)[Sn+3][c]1ccccc1. The third-order valence-corrected chi connectivity index (χ3v) is 8.60. The molecule has 0 unspecified atom stereocenters. The van der Waals surface area contributed by atoms with Crippen molar-refractivity contribution in [1.29, 1.82) is 0 Å². The van der Waals surface area contributed by atoms with Crippen molar-refractivity contribution in [3.05, 3.63) is 30.3 Å². The molecule has 0 heterocycles. The zero-order valence-electron chi connectivity index (χ0n) is 25.9. The molecule has 1 rings (SSSR count). The second kappa shape index (κ2) is 35.9. The van der Waals surface area contributed by atoms with Crippen LogP contribution in [0.1, 0.15) is 136 Å². The van der Waals surface area contributed by atoms with Gasteiger partial charge >= 0.3 is 75.7 Å². The van der Waals surface area contributed by atoms with Crippen molar-refractivity contribution in [3.63, 3.8) is 0 Å². The minimum atomic E-state index is -1.12. The van der Waals surface area contributed by atoms with Crippen LogP contribution in [0.15, 0.2) is 30.3 Å². The van der Waals surface area contributed by atoms with Gasteiger partial charge in [0.15, 0.2) is 0 Å². The van der Waals surface area contributed by atoms with E-state index in [-0.39, 0.29) is 23.2 Å².